The molecule has 0 aliphatic carbocycles. The fourth-order valence-electron chi connectivity index (χ4n) is 3.59. The van der Waals surface area contributed by atoms with E-state index in [1.165, 1.54) is 24.6 Å². The van der Waals surface area contributed by atoms with Gasteiger partial charge in [-0.25, -0.2) is 8.42 Å². The highest BCUT2D eigenvalue weighted by Crippen LogP contribution is 2.21. The van der Waals surface area contributed by atoms with E-state index >= 15 is 0 Å². The summed E-state index contributed by atoms with van der Waals surface area (Å²) in [5, 5.41) is 4.90. The predicted octanol–water partition coefficient (Wildman–Crippen LogP) is 2.09. The van der Waals surface area contributed by atoms with Crippen molar-refractivity contribution in [2.45, 2.75) is 39.4 Å². The van der Waals surface area contributed by atoms with Crippen LogP contribution in [0.2, 0.25) is 0 Å². The number of allylic oxidation sites excluding steroid dienone is 1. The van der Waals surface area contributed by atoms with E-state index in [1.54, 1.807) is 12.2 Å². The molecule has 9 heteroatoms. The molecule has 0 fully saturated rings. The summed E-state index contributed by atoms with van der Waals surface area (Å²) in [5.74, 6) is -0.522. The van der Waals surface area contributed by atoms with E-state index in [0.29, 0.717) is 29.1 Å². The Labute approximate surface area is 190 Å². The largest absolute Gasteiger partial charge is 0.358 e. The highest BCUT2D eigenvalue weighted by molar-refractivity contribution is 7.91. The molecular formula is C23H34N4O4S. The van der Waals surface area contributed by atoms with Crippen molar-refractivity contribution in [3.8, 4) is 0 Å². The first-order chi connectivity index (χ1) is 15.1. The summed E-state index contributed by atoms with van der Waals surface area (Å²) in [6, 6.07) is 0. The lowest BCUT2D eigenvalue weighted by Crippen LogP contribution is -2.35. The van der Waals surface area contributed by atoms with Gasteiger partial charge >= 0.3 is 0 Å². The van der Waals surface area contributed by atoms with Crippen LogP contribution in [0.1, 0.15) is 47.6 Å². The maximum atomic E-state index is 12.8. The third-order valence-corrected chi connectivity index (χ3v) is 7.06. The molecule has 1 aromatic heterocycles. The molecule has 2 amide bonds. The molecule has 1 aromatic rings. The number of nitrogens with zero attached hydrogens (tertiary/aromatic N) is 1. The van der Waals surface area contributed by atoms with Crippen molar-refractivity contribution in [1.29, 1.82) is 0 Å². The van der Waals surface area contributed by atoms with Gasteiger partial charge in [-0.05, 0) is 45.0 Å². The molecule has 1 unspecified atom stereocenters. The van der Waals surface area contributed by atoms with Crippen LogP contribution in [0.4, 0.5) is 0 Å². The molecule has 2 heterocycles. The number of nitrogens with one attached hydrogen (secondary N) is 3. The van der Waals surface area contributed by atoms with Crippen molar-refractivity contribution in [1.82, 2.24) is 20.5 Å². The molecule has 3 N–H and O–H groups in total. The van der Waals surface area contributed by atoms with Crippen LogP contribution in [0.15, 0.2) is 30.0 Å². The summed E-state index contributed by atoms with van der Waals surface area (Å²) in [6.45, 7) is 11.0. The molecule has 0 aromatic carbocycles. The summed E-state index contributed by atoms with van der Waals surface area (Å²) >= 11 is 0. The molecule has 2 rings (SSSR count). The molecule has 0 bridgehead atoms. The first kappa shape index (κ1) is 25.6. The second-order valence-electron chi connectivity index (χ2n) is 7.88. The van der Waals surface area contributed by atoms with Crippen LogP contribution in [-0.2, 0) is 14.6 Å². The molecule has 1 aliphatic heterocycles. The SMILES string of the molecule is CCN(CC)CCNC(=O)c1c(C)[nH]c(/C=C2/C=C/C(S(C)(=O)=O)C/C=C/NC2=O)c1C. The van der Waals surface area contributed by atoms with Gasteiger partial charge in [-0.2, -0.15) is 0 Å². The average molecular weight is 463 g/mol. The Morgan fingerprint density at radius 3 is 2.59 bits per heavy atom. The van der Waals surface area contributed by atoms with Gasteiger partial charge in [-0.15, -0.1) is 0 Å². The monoisotopic (exact) mass is 462 g/mol. The molecule has 8 nitrogen and oxygen atoms in total. The molecule has 1 aliphatic rings. The minimum Gasteiger partial charge on any atom is -0.358 e. The number of amides is 2. The normalized spacial score (nSPS) is 20.4. The Morgan fingerprint density at radius 2 is 1.97 bits per heavy atom. The van der Waals surface area contributed by atoms with E-state index < -0.39 is 15.1 Å². The summed E-state index contributed by atoms with van der Waals surface area (Å²) in [6.07, 6.45) is 9.23. The first-order valence-corrected chi connectivity index (χ1v) is 12.8. The number of aromatic nitrogens is 1. The molecular weight excluding hydrogens is 428 g/mol. The Hall–Kier alpha value is -2.65. The number of aryl methyl sites for hydroxylation is 1. The zero-order valence-electron chi connectivity index (χ0n) is 19.5. The van der Waals surface area contributed by atoms with Crippen LogP contribution in [0, 0.1) is 13.8 Å². The fourth-order valence-corrected chi connectivity index (χ4v) is 4.41. The number of carbonyl (C=O) groups excluding carboxylic acids is 2. The first-order valence-electron chi connectivity index (χ1n) is 10.8. The van der Waals surface area contributed by atoms with Gasteiger partial charge in [-0.3, -0.25) is 9.59 Å². The average Bonchev–Trinajstić information content (AvgIpc) is 3.05. The van der Waals surface area contributed by atoms with Gasteiger partial charge < -0.3 is 20.5 Å². The van der Waals surface area contributed by atoms with Gasteiger partial charge in [0.05, 0.1) is 10.8 Å². The lowest BCUT2D eigenvalue weighted by Gasteiger charge is -2.18. The lowest BCUT2D eigenvalue weighted by molar-refractivity contribution is -0.116. The number of sulfone groups is 1. The minimum absolute atomic E-state index is 0.164. The second-order valence-corrected chi connectivity index (χ2v) is 10.1. The number of rotatable bonds is 8. The van der Waals surface area contributed by atoms with Gasteiger partial charge in [-0.1, -0.05) is 32.1 Å². The smallest absolute Gasteiger partial charge is 0.255 e. The van der Waals surface area contributed by atoms with Crippen LogP contribution >= 0.6 is 0 Å². The number of H-pyrrole nitrogens is 1. The molecule has 176 valence electrons. The van der Waals surface area contributed by atoms with Crippen molar-refractivity contribution in [2.24, 2.45) is 0 Å². The van der Waals surface area contributed by atoms with Crippen LogP contribution in [0.3, 0.4) is 0 Å². The molecule has 0 spiro atoms. The van der Waals surface area contributed by atoms with E-state index in [1.807, 2.05) is 13.8 Å². The molecule has 0 saturated carbocycles. The zero-order chi connectivity index (χ0) is 23.9. The number of aromatic amines is 1. The highest BCUT2D eigenvalue weighted by atomic mass is 32.2. The standard InChI is InChI=1S/C23H34N4O4S/c1-6-27(7-2)14-13-25-23(29)21-16(3)20(26-17(21)4)15-18-10-11-19(32(5,30)31)9-8-12-24-22(18)28/h8,10-12,15,19,26H,6-7,9,13-14H2,1-5H3,(H,24,28)(H,25,29)/b11-10+,12-8+,18-15-. The predicted molar refractivity (Wildman–Crippen MR) is 128 cm³/mol. The van der Waals surface area contributed by atoms with Gasteiger partial charge in [0.1, 0.15) is 0 Å². The van der Waals surface area contributed by atoms with Crippen molar-refractivity contribution in [3.63, 3.8) is 0 Å². The Bertz CT molecular complexity index is 1030. The third-order valence-electron chi connectivity index (χ3n) is 5.61. The number of carbonyl (C=O) groups is 2. The lowest BCUT2D eigenvalue weighted by atomic mass is 10.1. The topological polar surface area (TPSA) is 111 Å². The van der Waals surface area contributed by atoms with E-state index in [4.69, 9.17) is 0 Å². The maximum absolute atomic E-state index is 12.8. The number of hydrogen-bond acceptors (Lipinski definition) is 5. The van der Waals surface area contributed by atoms with Crippen molar-refractivity contribution >= 4 is 27.7 Å². The van der Waals surface area contributed by atoms with Crippen molar-refractivity contribution in [3.05, 3.63) is 52.5 Å². The molecule has 0 radical (unpaired) electrons. The van der Waals surface area contributed by atoms with Gasteiger partial charge in [0.2, 0.25) is 0 Å². The van der Waals surface area contributed by atoms with E-state index in [9.17, 15) is 18.0 Å². The fraction of sp³-hybridized carbons (Fsp3) is 0.478. The molecule has 0 saturated heterocycles. The third kappa shape index (κ3) is 6.67. The zero-order valence-corrected chi connectivity index (χ0v) is 20.3. The number of hydrogen-bond donors (Lipinski definition) is 3. The minimum atomic E-state index is -3.31. The van der Waals surface area contributed by atoms with E-state index in [-0.39, 0.29) is 18.2 Å². The maximum Gasteiger partial charge on any atom is 0.255 e. The van der Waals surface area contributed by atoms with Crippen molar-refractivity contribution < 1.29 is 18.0 Å². The number of likely N-dealkylation sites (N-methyl/N-ethyl adjacent to an activating group) is 1. The van der Waals surface area contributed by atoms with Gasteiger partial charge in [0.15, 0.2) is 9.84 Å². The molecule has 1 atom stereocenters. The summed E-state index contributed by atoms with van der Waals surface area (Å²) in [5.41, 5.74) is 2.91. The summed E-state index contributed by atoms with van der Waals surface area (Å²) in [4.78, 5) is 30.7. The van der Waals surface area contributed by atoms with Crippen LogP contribution in [0.25, 0.3) is 6.08 Å². The van der Waals surface area contributed by atoms with Crippen LogP contribution in [-0.4, -0.2) is 67.8 Å². The van der Waals surface area contributed by atoms with Crippen LogP contribution in [0.5, 0.6) is 0 Å². The van der Waals surface area contributed by atoms with Crippen molar-refractivity contribution in [2.75, 3.05) is 32.4 Å². The Balaban J connectivity index is 2.29. The van der Waals surface area contributed by atoms with E-state index in [2.05, 4.69) is 34.4 Å². The van der Waals surface area contributed by atoms with Gasteiger partial charge in [0, 0.05) is 42.5 Å². The van der Waals surface area contributed by atoms with Gasteiger partial charge in [0.25, 0.3) is 11.8 Å². The van der Waals surface area contributed by atoms with E-state index in [0.717, 1.165) is 25.2 Å². The van der Waals surface area contributed by atoms with Crippen LogP contribution < -0.4 is 10.6 Å². The Morgan fingerprint density at radius 1 is 1.28 bits per heavy atom. The highest BCUT2D eigenvalue weighted by Gasteiger charge is 2.20. The Kier molecular flexibility index (Phi) is 9.03. The quantitative estimate of drug-likeness (QED) is 0.512. The molecule has 32 heavy (non-hydrogen) atoms. The summed E-state index contributed by atoms with van der Waals surface area (Å²) in [7, 11) is -3.31. The summed E-state index contributed by atoms with van der Waals surface area (Å²) < 4.78 is 24.0. The second kappa shape index (κ2) is 11.3.